The third-order valence-electron chi connectivity index (χ3n) is 3.67. The van der Waals surface area contributed by atoms with Gasteiger partial charge in [-0.2, -0.15) is 0 Å². The van der Waals surface area contributed by atoms with E-state index in [1.165, 1.54) is 31.9 Å². The zero-order valence-electron chi connectivity index (χ0n) is 14.1. The Hall–Kier alpha value is -1.88. The van der Waals surface area contributed by atoms with Crippen molar-refractivity contribution in [1.82, 2.24) is 9.62 Å². The number of thioether (sulfide) groups is 1. The van der Waals surface area contributed by atoms with Gasteiger partial charge < -0.3 is 10.6 Å². The van der Waals surface area contributed by atoms with Crippen molar-refractivity contribution in [3.63, 3.8) is 0 Å². The van der Waals surface area contributed by atoms with Gasteiger partial charge in [0.15, 0.2) is 0 Å². The number of nitrogens with one attached hydrogen (secondary N) is 2. The number of rotatable bonds is 5. The zero-order valence-corrected chi connectivity index (χ0v) is 16.6. The van der Waals surface area contributed by atoms with Crippen LogP contribution in [0.15, 0.2) is 39.4 Å². The average molecular weight is 412 g/mol. The fourth-order valence-corrected chi connectivity index (χ4v) is 5.52. The van der Waals surface area contributed by atoms with Gasteiger partial charge in [-0.25, -0.2) is 12.7 Å². The zero-order chi connectivity index (χ0) is 18.9. The molecular formula is C16H17N3O4S3. The van der Waals surface area contributed by atoms with Crippen LogP contribution in [-0.4, -0.2) is 44.4 Å². The SMILES string of the molecule is CN(C)S(=O)(=O)c1ccc(CNC(=O)c2ccc3c(c2)NC(=O)CS3)s1. The van der Waals surface area contributed by atoms with Crippen LogP contribution in [0.1, 0.15) is 15.2 Å². The molecule has 3 rings (SSSR count). The van der Waals surface area contributed by atoms with E-state index in [9.17, 15) is 18.0 Å². The molecule has 0 radical (unpaired) electrons. The molecule has 0 atom stereocenters. The first kappa shape index (κ1) is 18.9. The smallest absolute Gasteiger partial charge is 0.252 e. The predicted octanol–water partition coefficient (Wildman–Crippen LogP) is 1.97. The number of fused-ring (bicyclic) bond motifs is 1. The highest BCUT2D eigenvalue weighted by molar-refractivity contribution is 8.00. The maximum absolute atomic E-state index is 12.3. The number of benzene rings is 1. The van der Waals surface area contributed by atoms with Gasteiger partial charge in [-0.15, -0.1) is 23.1 Å². The van der Waals surface area contributed by atoms with Crippen LogP contribution in [0.2, 0.25) is 0 Å². The molecule has 1 aliphatic heterocycles. The first-order valence-electron chi connectivity index (χ1n) is 7.63. The van der Waals surface area contributed by atoms with E-state index in [1.807, 2.05) is 0 Å². The lowest BCUT2D eigenvalue weighted by Gasteiger charge is -2.16. The van der Waals surface area contributed by atoms with E-state index < -0.39 is 10.0 Å². The van der Waals surface area contributed by atoms with E-state index >= 15 is 0 Å². The van der Waals surface area contributed by atoms with Crippen molar-refractivity contribution in [3.8, 4) is 0 Å². The Labute approximate surface area is 159 Å². The third-order valence-corrected chi connectivity index (χ3v) is 8.11. The first-order valence-corrected chi connectivity index (χ1v) is 10.9. The van der Waals surface area contributed by atoms with Crippen LogP contribution in [0.5, 0.6) is 0 Å². The third kappa shape index (κ3) is 3.93. The van der Waals surface area contributed by atoms with Crippen LogP contribution in [0, 0.1) is 0 Å². The van der Waals surface area contributed by atoms with E-state index in [0.717, 1.165) is 25.4 Å². The molecule has 2 amide bonds. The van der Waals surface area contributed by atoms with Crippen molar-refractivity contribution in [2.45, 2.75) is 15.6 Å². The second kappa shape index (κ2) is 7.39. The van der Waals surface area contributed by atoms with Crippen LogP contribution in [0.4, 0.5) is 5.69 Å². The van der Waals surface area contributed by atoms with Crippen LogP contribution in [0.25, 0.3) is 0 Å². The molecule has 138 valence electrons. The summed E-state index contributed by atoms with van der Waals surface area (Å²) in [5.74, 6) is -0.00826. The molecule has 1 aromatic heterocycles. The number of amides is 2. The normalized spacial score (nSPS) is 14.0. The van der Waals surface area contributed by atoms with E-state index in [1.54, 1.807) is 24.3 Å². The van der Waals surface area contributed by atoms with Crippen LogP contribution >= 0.6 is 23.1 Å². The van der Waals surface area contributed by atoms with Gasteiger partial charge in [0.2, 0.25) is 5.91 Å². The quantitative estimate of drug-likeness (QED) is 0.784. The molecule has 10 heteroatoms. The highest BCUT2D eigenvalue weighted by Crippen LogP contribution is 2.32. The lowest BCUT2D eigenvalue weighted by atomic mass is 10.2. The highest BCUT2D eigenvalue weighted by Gasteiger charge is 2.20. The molecule has 7 nitrogen and oxygen atoms in total. The summed E-state index contributed by atoms with van der Waals surface area (Å²) in [6.45, 7) is 0.227. The summed E-state index contributed by atoms with van der Waals surface area (Å²) in [4.78, 5) is 25.5. The minimum atomic E-state index is -3.47. The van der Waals surface area contributed by atoms with Crippen LogP contribution < -0.4 is 10.6 Å². The summed E-state index contributed by atoms with van der Waals surface area (Å²) >= 11 is 2.56. The molecule has 0 saturated heterocycles. The second-order valence-electron chi connectivity index (χ2n) is 5.74. The fourth-order valence-electron chi connectivity index (χ4n) is 2.27. The number of nitrogens with zero attached hydrogens (tertiary/aromatic N) is 1. The van der Waals surface area contributed by atoms with E-state index in [2.05, 4.69) is 10.6 Å². The van der Waals surface area contributed by atoms with Crippen molar-refractivity contribution in [2.75, 3.05) is 25.2 Å². The van der Waals surface area contributed by atoms with Crippen LogP contribution in [0.3, 0.4) is 0 Å². The molecule has 0 bridgehead atoms. The minimum absolute atomic E-state index is 0.0896. The monoisotopic (exact) mass is 411 g/mol. The number of hydrogen-bond donors (Lipinski definition) is 2. The Morgan fingerprint density at radius 1 is 1.27 bits per heavy atom. The average Bonchev–Trinajstić information content (AvgIpc) is 3.08. The number of carbonyl (C=O) groups is 2. The molecule has 0 aliphatic carbocycles. The van der Waals surface area contributed by atoms with Gasteiger partial charge in [-0.05, 0) is 30.3 Å². The Morgan fingerprint density at radius 3 is 2.77 bits per heavy atom. The van der Waals surface area contributed by atoms with Crippen molar-refractivity contribution < 1.29 is 18.0 Å². The number of anilines is 1. The van der Waals surface area contributed by atoms with Gasteiger partial charge >= 0.3 is 0 Å². The summed E-state index contributed by atoms with van der Waals surface area (Å²) in [6.07, 6.45) is 0. The maximum Gasteiger partial charge on any atom is 0.252 e. The van der Waals surface area contributed by atoms with E-state index in [0.29, 0.717) is 17.0 Å². The molecule has 2 aromatic rings. The Kier molecular flexibility index (Phi) is 5.37. The second-order valence-corrected chi connectivity index (χ2v) is 10.3. The molecule has 0 unspecified atom stereocenters. The molecule has 2 heterocycles. The van der Waals surface area contributed by atoms with Crippen molar-refractivity contribution in [2.24, 2.45) is 0 Å². The molecule has 26 heavy (non-hydrogen) atoms. The van der Waals surface area contributed by atoms with Gasteiger partial charge in [0.05, 0.1) is 18.0 Å². The number of carbonyl (C=O) groups excluding carboxylic acids is 2. The summed E-state index contributed by atoms with van der Waals surface area (Å²) in [5.41, 5.74) is 1.07. The number of hydrogen-bond acceptors (Lipinski definition) is 6. The highest BCUT2D eigenvalue weighted by atomic mass is 32.2. The molecule has 1 aromatic carbocycles. The van der Waals surface area contributed by atoms with Gasteiger partial charge in [0.1, 0.15) is 4.21 Å². The largest absolute Gasteiger partial charge is 0.347 e. The fraction of sp³-hybridized carbons (Fsp3) is 0.250. The first-order chi connectivity index (χ1) is 12.3. The summed E-state index contributed by atoms with van der Waals surface area (Å²) in [7, 11) is -0.514. The minimum Gasteiger partial charge on any atom is -0.347 e. The van der Waals surface area contributed by atoms with Gasteiger partial charge in [0, 0.05) is 29.4 Å². The van der Waals surface area contributed by atoms with E-state index in [4.69, 9.17) is 0 Å². The van der Waals surface area contributed by atoms with Crippen LogP contribution in [-0.2, 0) is 21.4 Å². The Bertz CT molecular complexity index is 967. The summed E-state index contributed by atoms with van der Waals surface area (Å²) in [5, 5.41) is 5.52. The number of thiophene rings is 1. The lowest BCUT2D eigenvalue weighted by molar-refractivity contribution is -0.113. The summed E-state index contributed by atoms with van der Waals surface area (Å²) in [6, 6.07) is 8.37. The molecular weight excluding hydrogens is 394 g/mol. The van der Waals surface area contributed by atoms with Gasteiger partial charge in [0.25, 0.3) is 15.9 Å². The molecule has 0 saturated carbocycles. The Morgan fingerprint density at radius 2 is 2.04 bits per heavy atom. The van der Waals surface area contributed by atoms with Crippen molar-refractivity contribution in [1.29, 1.82) is 0 Å². The molecule has 1 aliphatic rings. The van der Waals surface area contributed by atoms with Gasteiger partial charge in [-0.1, -0.05) is 0 Å². The topological polar surface area (TPSA) is 95.6 Å². The Balaban J connectivity index is 1.67. The standard InChI is InChI=1S/C16H17N3O4S3/c1-19(2)26(22,23)15-6-4-11(25-15)8-17-16(21)10-3-5-13-12(7-10)18-14(20)9-24-13/h3-7H,8-9H2,1-2H3,(H,17,21)(H,18,20). The molecule has 2 N–H and O–H groups in total. The number of sulfonamides is 1. The van der Waals surface area contributed by atoms with Crippen molar-refractivity contribution >= 4 is 50.6 Å². The predicted molar refractivity (Wildman–Crippen MR) is 102 cm³/mol. The lowest BCUT2D eigenvalue weighted by Crippen LogP contribution is -2.23. The maximum atomic E-state index is 12.3. The molecule has 0 fully saturated rings. The molecule has 0 spiro atoms. The van der Waals surface area contributed by atoms with E-state index in [-0.39, 0.29) is 22.6 Å². The summed E-state index contributed by atoms with van der Waals surface area (Å²) < 4.78 is 25.6. The van der Waals surface area contributed by atoms with Crippen molar-refractivity contribution in [3.05, 3.63) is 40.8 Å². The van der Waals surface area contributed by atoms with Gasteiger partial charge in [-0.3, -0.25) is 9.59 Å².